The van der Waals surface area contributed by atoms with E-state index >= 15 is 0 Å². The van der Waals surface area contributed by atoms with Gasteiger partial charge in [-0.25, -0.2) is 4.40 Å². The summed E-state index contributed by atoms with van der Waals surface area (Å²) in [7, 11) is 1.58. The molecule has 0 aliphatic heterocycles. The number of ether oxygens (including phenoxy) is 1. The Balaban J connectivity index is 1.72. The summed E-state index contributed by atoms with van der Waals surface area (Å²) in [6.07, 6.45) is 0. The van der Waals surface area contributed by atoms with Gasteiger partial charge >= 0.3 is 0 Å². The monoisotopic (exact) mass is 492 g/mol. The quantitative estimate of drug-likeness (QED) is 0.280. The summed E-state index contributed by atoms with van der Waals surface area (Å²) in [6.45, 7) is 7.24. The Morgan fingerprint density at radius 2 is 1.83 bits per heavy atom. The molecule has 1 amide bonds. The Morgan fingerprint density at radius 1 is 1.06 bits per heavy atom. The van der Waals surface area contributed by atoms with Crippen LogP contribution in [-0.4, -0.2) is 50.7 Å². The molecule has 0 bridgehead atoms. The first-order chi connectivity index (χ1) is 17.0. The normalized spacial score (nSPS) is 11.8. The largest absolute Gasteiger partial charge is 0.495 e. The molecule has 4 rings (SSSR count). The highest BCUT2D eigenvalue weighted by Crippen LogP contribution is 2.37. The third kappa shape index (κ3) is 5.46. The SMILES string of the molecule is CCNc1nc(NCC)n2c(S[C@H](C(=O)Nc3cc(C)ccc3OC)c3ccccc3)nnc2n1. The molecule has 10 nitrogen and oxygen atoms in total. The van der Waals surface area contributed by atoms with Crippen molar-refractivity contribution in [2.45, 2.75) is 31.2 Å². The minimum atomic E-state index is -0.614. The second-order valence-corrected chi connectivity index (χ2v) is 8.72. The Labute approximate surface area is 207 Å². The number of methoxy groups -OCH3 is 1. The zero-order valence-corrected chi connectivity index (χ0v) is 20.9. The van der Waals surface area contributed by atoms with Gasteiger partial charge in [-0.2, -0.15) is 9.97 Å². The highest BCUT2D eigenvalue weighted by atomic mass is 32.2. The summed E-state index contributed by atoms with van der Waals surface area (Å²) in [6, 6.07) is 15.2. The summed E-state index contributed by atoms with van der Waals surface area (Å²) in [5.41, 5.74) is 2.45. The first-order valence-electron chi connectivity index (χ1n) is 11.3. The highest BCUT2D eigenvalue weighted by Gasteiger charge is 2.27. The highest BCUT2D eigenvalue weighted by molar-refractivity contribution is 8.00. The van der Waals surface area contributed by atoms with Gasteiger partial charge in [-0.1, -0.05) is 48.2 Å². The van der Waals surface area contributed by atoms with E-state index in [-0.39, 0.29) is 5.91 Å². The number of thioether (sulfide) groups is 1. The molecule has 182 valence electrons. The van der Waals surface area contributed by atoms with Crippen molar-refractivity contribution >= 4 is 41.0 Å². The molecule has 4 aromatic rings. The van der Waals surface area contributed by atoms with Crippen LogP contribution in [0, 0.1) is 6.92 Å². The molecule has 0 saturated carbocycles. The first-order valence-corrected chi connectivity index (χ1v) is 12.2. The number of anilines is 3. The molecule has 2 aromatic carbocycles. The molecule has 0 saturated heterocycles. The number of fused-ring (bicyclic) bond motifs is 1. The van der Waals surface area contributed by atoms with Crippen molar-refractivity contribution in [3.8, 4) is 5.75 Å². The smallest absolute Gasteiger partial charge is 0.261 e. The van der Waals surface area contributed by atoms with E-state index < -0.39 is 5.25 Å². The van der Waals surface area contributed by atoms with Crippen molar-refractivity contribution in [3.63, 3.8) is 0 Å². The third-order valence-electron chi connectivity index (χ3n) is 5.09. The van der Waals surface area contributed by atoms with E-state index in [2.05, 4.69) is 36.1 Å². The lowest BCUT2D eigenvalue weighted by Crippen LogP contribution is -2.20. The van der Waals surface area contributed by atoms with Crippen LogP contribution in [0.3, 0.4) is 0 Å². The molecule has 0 aliphatic rings. The molecular weight excluding hydrogens is 464 g/mol. The minimum Gasteiger partial charge on any atom is -0.495 e. The van der Waals surface area contributed by atoms with E-state index in [4.69, 9.17) is 4.74 Å². The number of aromatic nitrogens is 5. The average molecular weight is 493 g/mol. The lowest BCUT2D eigenvalue weighted by Gasteiger charge is -2.18. The van der Waals surface area contributed by atoms with Gasteiger partial charge in [0.05, 0.1) is 12.8 Å². The standard InChI is InChI=1S/C24H28N8O2S/c1-5-25-21-28-22(26-6-2)32-23(29-21)30-31-24(32)35-19(16-10-8-7-9-11-16)20(33)27-17-14-15(3)12-13-18(17)34-4/h7-14,19H,5-6H2,1-4H3,(H,27,33)(H2,25,26,28,29,30)/t19-/m0/s1. The van der Waals surface area contributed by atoms with E-state index in [1.54, 1.807) is 11.5 Å². The molecule has 2 heterocycles. The van der Waals surface area contributed by atoms with Gasteiger partial charge in [0.25, 0.3) is 5.78 Å². The van der Waals surface area contributed by atoms with Gasteiger partial charge in [0, 0.05) is 13.1 Å². The lowest BCUT2D eigenvalue weighted by molar-refractivity contribution is -0.115. The molecule has 1 atom stereocenters. The van der Waals surface area contributed by atoms with Crippen LogP contribution < -0.4 is 20.7 Å². The van der Waals surface area contributed by atoms with Gasteiger partial charge in [0.1, 0.15) is 11.0 Å². The van der Waals surface area contributed by atoms with Crippen LogP contribution in [-0.2, 0) is 4.79 Å². The van der Waals surface area contributed by atoms with Crippen molar-refractivity contribution in [1.82, 2.24) is 24.6 Å². The molecule has 3 N–H and O–H groups in total. The third-order valence-corrected chi connectivity index (χ3v) is 6.29. The number of carbonyl (C=O) groups is 1. The van der Waals surface area contributed by atoms with Crippen LogP contribution in [0.2, 0.25) is 0 Å². The summed E-state index contributed by atoms with van der Waals surface area (Å²) in [5, 5.41) is 17.8. The van der Waals surface area contributed by atoms with E-state index in [0.717, 1.165) is 11.1 Å². The topological polar surface area (TPSA) is 118 Å². The molecule has 0 spiro atoms. The zero-order chi connectivity index (χ0) is 24.8. The predicted octanol–water partition coefficient (Wildman–Crippen LogP) is 4.17. The number of hydrogen-bond donors (Lipinski definition) is 3. The second kappa shape index (κ2) is 11.0. The molecule has 11 heteroatoms. The van der Waals surface area contributed by atoms with Crippen LogP contribution in [0.5, 0.6) is 5.75 Å². The maximum absolute atomic E-state index is 13.6. The van der Waals surface area contributed by atoms with Crippen molar-refractivity contribution in [3.05, 3.63) is 59.7 Å². The minimum absolute atomic E-state index is 0.211. The van der Waals surface area contributed by atoms with E-state index in [1.807, 2.05) is 69.3 Å². The van der Waals surface area contributed by atoms with Crippen LogP contribution in [0.15, 0.2) is 53.7 Å². The predicted molar refractivity (Wildman–Crippen MR) is 138 cm³/mol. The molecule has 0 aliphatic carbocycles. The second-order valence-electron chi connectivity index (χ2n) is 7.65. The zero-order valence-electron chi connectivity index (χ0n) is 20.1. The summed E-state index contributed by atoms with van der Waals surface area (Å²) in [5.74, 6) is 1.78. The molecular formula is C24H28N8O2S. The molecule has 0 unspecified atom stereocenters. The van der Waals surface area contributed by atoms with Gasteiger partial charge in [0.2, 0.25) is 23.0 Å². The summed E-state index contributed by atoms with van der Waals surface area (Å²) in [4.78, 5) is 22.6. The number of amides is 1. The fourth-order valence-corrected chi connectivity index (χ4v) is 4.54. The first kappa shape index (κ1) is 24.3. The Kier molecular flexibility index (Phi) is 7.66. The molecule has 0 radical (unpaired) electrons. The average Bonchev–Trinajstić information content (AvgIpc) is 3.26. The maximum atomic E-state index is 13.6. The van der Waals surface area contributed by atoms with Gasteiger partial charge in [-0.15, -0.1) is 10.2 Å². The van der Waals surface area contributed by atoms with Gasteiger partial charge < -0.3 is 20.7 Å². The molecule has 2 aromatic heterocycles. The number of aryl methyl sites for hydroxylation is 1. The number of benzene rings is 2. The Bertz CT molecular complexity index is 1310. The van der Waals surface area contributed by atoms with E-state index in [0.29, 0.717) is 47.4 Å². The van der Waals surface area contributed by atoms with Crippen LogP contribution in [0.1, 0.15) is 30.2 Å². The van der Waals surface area contributed by atoms with Gasteiger partial charge in [-0.05, 0) is 44.0 Å². The van der Waals surface area contributed by atoms with Crippen molar-refractivity contribution in [1.29, 1.82) is 0 Å². The van der Waals surface area contributed by atoms with Crippen molar-refractivity contribution < 1.29 is 9.53 Å². The number of nitrogens with zero attached hydrogens (tertiary/aromatic N) is 5. The van der Waals surface area contributed by atoms with Gasteiger partial charge in [0.15, 0.2) is 0 Å². The Hall–Kier alpha value is -3.86. The fraction of sp³-hybridized carbons (Fsp3) is 0.292. The summed E-state index contributed by atoms with van der Waals surface area (Å²) >= 11 is 1.28. The number of rotatable bonds is 10. The summed E-state index contributed by atoms with van der Waals surface area (Å²) < 4.78 is 7.17. The Morgan fingerprint density at radius 3 is 2.54 bits per heavy atom. The lowest BCUT2D eigenvalue weighted by atomic mass is 10.1. The van der Waals surface area contributed by atoms with Crippen LogP contribution in [0.25, 0.3) is 5.78 Å². The number of nitrogens with one attached hydrogen (secondary N) is 3. The van der Waals surface area contributed by atoms with Crippen LogP contribution in [0.4, 0.5) is 17.6 Å². The van der Waals surface area contributed by atoms with Crippen molar-refractivity contribution in [2.75, 3.05) is 36.1 Å². The molecule has 0 fully saturated rings. The molecule has 35 heavy (non-hydrogen) atoms. The number of carbonyl (C=O) groups excluding carboxylic acids is 1. The number of hydrogen-bond acceptors (Lipinski definition) is 9. The van der Waals surface area contributed by atoms with Gasteiger partial charge in [-0.3, -0.25) is 4.79 Å². The fourth-order valence-electron chi connectivity index (χ4n) is 3.50. The van der Waals surface area contributed by atoms with Crippen molar-refractivity contribution in [2.24, 2.45) is 0 Å². The van der Waals surface area contributed by atoms with E-state index in [9.17, 15) is 4.79 Å². The maximum Gasteiger partial charge on any atom is 0.261 e. The van der Waals surface area contributed by atoms with E-state index in [1.165, 1.54) is 11.8 Å². The van der Waals surface area contributed by atoms with Crippen LogP contribution >= 0.6 is 11.8 Å².